The van der Waals surface area contributed by atoms with Gasteiger partial charge >= 0.3 is 0 Å². The molecule has 41 heavy (non-hydrogen) atoms. The minimum atomic E-state index is -0.209. The largest absolute Gasteiger partial charge is 0.497 e. The molecule has 8 nitrogen and oxygen atoms in total. The van der Waals surface area contributed by atoms with Gasteiger partial charge in [-0.1, -0.05) is 60.4 Å². The van der Waals surface area contributed by atoms with Gasteiger partial charge in [0.2, 0.25) is 0 Å². The van der Waals surface area contributed by atoms with Gasteiger partial charge in [-0.05, 0) is 54.5 Å². The van der Waals surface area contributed by atoms with Gasteiger partial charge < -0.3 is 14.5 Å². The summed E-state index contributed by atoms with van der Waals surface area (Å²) in [7, 11) is 1.66. The number of rotatable bonds is 6. The van der Waals surface area contributed by atoms with E-state index < -0.39 is 0 Å². The van der Waals surface area contributed by atoms with E-state index in [9.17, 15) is 9.59 Å². The first-order chi connectivity index (χ1) is 19.9. The number of hydrogen-bond acceptors (Lipinski definition) is 8. The Morgan fingerprint density at radius 1 is 0.951 bits per heavy atom. The molecular formula is C31H29N5O3S2. The third-order valence-corrected chi connectivity index (χ3v) is 8.79. The van der Waals surface area contributed by atoms with Crippen molar-refractivity contribution in [2.45, 2.75) is 13.5 Å². The van der Waals surface area contributed by atoms with Crippen molar-refractivity contribution in [2.24, 2.45) is 0 Å². The molecule has 0 spiro atoms. The van der Waals surface area contributed by atoms with Gasteiger partial charge in [0, 0.05) is 38.1 Å². The first-order valence-electron chi connectivity index (χ1n) is 13.4. The molecule has 0 atom stereocenters. The van der Waals surface area contributed by atoms with E-state index in [2.05, 4.69) is 21.9 Å². The van der Waals surface area contributed by atoms with E-state index in [-0.39, 0.29) is 11.5 Å². The lowest BCUT2D eigenvalue weighted by atomic mass is 10.2. The number of fused-ring (bicyclic) bond motifs is 1. The van der Waals surface area contributed by atoms with Gasteiger partial charge in [0.25, 0.3) is 11.5 Å². The second kappa shape index (κ2) is 11.4. The zero-order chi connectivity index (χ0) is 28.5. The van der Waals surface area contributed by atoms with Crippen LogP contribution >= 0.6 is 24.0 Å². The zero-order valence-electron chi connectivity index (χ0n) is 22.8. The zero-order valence-corrected chi connectivity index (χ0v) is 24.5. The van der Waals surface area contributed by atoms with Crippen molar-refractivity contribution in [1.29, 1.82) is 0 Å². The third-order valence-electron chi connectivity index (χ3n) is 7.41. The lowest BCUT2D eigenvalue weighted by Gasteiger charge is -2.37. The second-order valence-corrected chi connectivity index (χ2v) is 11.6. The smallest absolute Gasteiger partial charge is 0.267 e. The maximum absolute atomic E-state index is 13.9. The number of benzene rings is 2. The molecule has 2 aliphatic rings. The van der Waals surface area contributed by atoms with Crippen molar-refractivity contribution in [3.63, 3.8) is 0 Å². The van der Waals surface area contributed by atoms with E-state index >= 15 is 0 Å². The summed E-state index contributed by atoms with van der Waals surface area (Å²) in [6, 6.07) is 21.6. The van der Waals surface area contributed by atoms with Crippen molar-refractivity contribution < 1.29 is 9.53 Å². The van der Waals surface area contributed by atoms with E-state index in [4.69, 9.17) is 21.9 Å². The number of thioether (sulfide) groups is 1. The van der Waals surface area contributed by atoms with Crippen LogP contribution in [0.15, 0.2) is 82.6 Å². The summed E-state index contributed by atoms with van der Waals surface area (Å²) < 4.78 is 7.33. The van der Waals surface area contributed by atoms with Crippen molar-refractivity contribution in [1.82, 2.24) is 14.3 Å². The molecule has 0 unspecified atom stereocenters. The Hall–Kier alpha value is -4.15. The Bertz CT molecular complexity index is 1710. The van der Waals surface area contributed by atoms with E-state index in [1.165, 1.54) is 11.8 Å². The van der Waals surface area contributed by atoms with E-state index in [1.807, 2.05) is 61.5 Å². The average molecular weight is 584 g/mol. The Morgan fingerprint density at radius 2 is 1.66 bits per heavy atom. The van der Waals surface area contributed by atoms with Gasteiger partial charge in [0.05, 0.1) is 24.1 Å². The van der Waals surface area contributed by atoms with Gasteiger partial charge in [0.1, 0.15) is 21.5 Å². The fourth-order valence-corrected chi connectivity index (χ4v) is 6.41. The Labute approximate surface area is 247 Å². The van der Waals surface area contributed by atoms with E-state index in [0.717, 1.165) is 35.7 Å². The Morgan fingerprint density at radius 3 is 2.37 bits per heavy atom. The summed E-state index contributed by atoms with van der Waals surface area (Å²) in [6.07, 6.45) is 3.40. The van der Waals surface area contributed by atoms with Crippen LogP contribution in [-0.4, -0.2) is 57.8 Å². The van der Waals surface area contributed by atoms with Crippen molar-refractivity contribution in [3.8, 4) is 5.75 Å². The third kappa shape index (κ3) is 5.32. The number of hydrogen-bond donors (Lipinski definition) is 0. The van der Waals surface area contributed by atoms with Crippen LogP contribution in [0.5, 0.6) is 5.75 Å². The summed E-state index contributed by atoms with van der Waals surface area (Å²) >= 11 is 6.80. The molecule has 1 amide bonds. The molecule has 10 heteroatoms. The number of amides is 1. The van der Waals surface area contributed by atoms with Crippen molar-refractivity contribution in [2.75, 3.05) is 43.1 Å². The van der Waals surface area contributed by atoms with Gasteiger partial charge in [-0.3, -0.25) is 18.9 Å². The fraction of sp³-hybridized carbons (Fsp3) is 0.226. The first kappa shape index (κ1) is 27.0. The average Bonchev–Trinajstić information content (AvgIpc) is 3.26. The number of piperazine rings is 1. The number of pyridine rings is 1. The lowest BCUT2D eigenvalue weighted by molar-refractivity contribution is -0.122. The number of anilines is 2. The number of ether oxygens (including phenoxy) is 1. The quantitative estimate of drug-likeness (QED) is 0.238. The number of nitrogens with zero attached hydrogens (tertiary/aromatic N) is 5. The Balaban J connectivity index is 1.34. The topological polar surface area (TPSA) is 70.4 Å². The van der Waals surface area contributed by atoms with Crippen LogP contribution in [0.2, 0.25) is 0 Å². The predicted octanol–water partition coefficient (Wildman–Crippen LogP) is 4.74. The number of methoxy groups -OCH3 is 1. The van der Waals surface area contributed by atoms with E-state index in [1.54, 1.807) is 28.7 Å². The van der Waals surface area contributed by atoms with Gasteiger partial charge in [-0.2, -0.15) is 0 Å². The fourth-order valence-electron chi connectivity index (χ4n) is 5.17. The number of thiocarbonyl (C=S) groups is 1. The second-order valence-electron chi connectivity index (χ2n) is 9.96. The highest BCUT2D eigenvalue weighted by atomic mass is 32.2. The monoisotopic (exact) mass is 583 g/mol. The maximum atomic E-state index is 13.9. The summed E-state index contributed by atoms with van der Waals surface area (Å²) in [5.41, 5.74) is 3.81. The molecule has 4 aromatic rings. The molecule has 2 aromatic carbocycles. The molecule has 0 bridgehead atoms. The maximum Gasteiger partial charge on any atom is 0.267 e. The van der Waals surface area contributed by atoms with Crippen LogP contribution < -0.4 is 20.1 Å². The van der Waals surface area contributed by atoms with Gasteiger partial charge in [0.15, 0.2) is 0 Å². The van der Waals surface area contributed by atoms with Crippen LogP contribution in [-0.2, 0) is 11.3 Å². The van der Waals surface area contributed by atoms with Crippen LogP contribution in [0.1, 0.15) is 16.7 Å². The molecule has 2 aromatic heterocycles. The summed E-state index contributed by atoms with van der Waals surface area (Å²) in [5, 5.41) is 0. The molecule has 4 heterocycles. The van der Waals surface area contributed by atoms with Gasteiger partial charge in [-0.15, -0.1) is 0 Å². The molecular weight excluding hydrogens is 555 g/mol. The van der Waals surface area contributed by atoms with Crippen LogP contribution in [0, 0.1) is 6.92 Å². The number of aryl methyl sites for hydroxylation is 1. The van der Waals surface area contributed by atoms with Crippen LogP contribution in [0.4, 0.5) is 11.5 Å². The lowest BCUT2D eigenvalue weighted by Crippen LogP contribution is -2.47. The van der Waals surface area contributed by atoms with Crippen molar-refractivity contribution >= 4 is 57.4 Å². The van der Waals surface area contributed by atoms with Crippen molar-refractivity contribution in [3.05, 3.63) is 105 Å². The molecule has 2 aliphatic heterocycles. The molecule has 2 saturated heterocycles. The number of carbonyl (C=O) groups is 1. The van der Waals surface area contributed by atoms with Crippen LogP contribution in [0.25, 0.3) is 11.7 Å². The molecule has 208 valence electrons. The van der Waals surface area contributed by atoms with E-state index in [0.29, 0.717) is 45.9 Å². The normalized spacial score (nSPS) is 16.7. The summed E-state index contributed by atoms with van der Waals surface area (Å²) in [6.45, 7) is 5.21. The van der Waals surface area contributed by atoms with Crippen LogP contribution in [0.3, 0.4) is 0 Å². The molecule has 2 fully saturated rings. The number of carbonyl (C=O) groups excluding carboxylic acids is 1. The molecule has 0 radical (unpaired) electrons. The number of aromatic nitrogens is 2. The highest BCUT2D eigenvalue weighted by Crippen LogP contribution is 2.35. The van der Waals surface area contributed by atoms with Gasteiger partial charge in [-0.25, -0.2) is 4.98 Å². The highest BCUT2D eigenvalue weighted by molar-refractivity contribution is 8.26. The minimum absolute atomic E-state index is 0.201. The summed E-state index contributed by atoms with van der Waals surface area (Å²) in [4.78, 5) is 38.8. The SMILES string of the molecule is COc1ccc(N2CCN(c3nc4c(C)cccn4c(=O)c3C=C3SC(=S)N(Cc4ccccc4)C3=O)CC2)cc1. The molecule has 0 N–H and O–H groups in total. The summed E-state index contributed by atoms with van der Waals surface area (Å²) in [5.74, 6) is 1.21. The highest BCUT2D eigenvalue weighted by Gasteiger charge is 2.33. The standard InChI is InChI=1S/C31H29N5O3S2/c1-21-7-6-14-35-27(21)32-28(34-17-15-33(16-18-34)23-10-12-24(39-2)13-11-23)25(29(35)37)19-26-30(38)36(31(40)41-26)20-22-8-4-3-5-9-22/h3-14,19H,15-18,20H2,1-2H3. The predicted molar refractivity (Wildman–Crippen MR) is 169 cm³/mol. The molecule has 0 saturated carbocycles. The Kier molecular flexibility index (Phi) is 7.51. The first-order valence-corrected chi connectivity index (χ1v) is 14.6. The minimum Gasteiger partial charge on any atom is -0.497 e. The molecule has 6 rings (SSSR count). The molecule has 0 aliphatic carbocycles.